The molecule has 1 nitrogen and oxygen atoms in total. The minimum Gasteiger partial charge on any atom is -0.496 e. The predicted octanol–water partition coefficient (Wildman–Crippen LogP) is 4.29. The molecule has 0 aromatic heterocycles. The van der Waals surface area contributed by atoms with Gasteiger partial charge in [-0.15, -0.1) is 0 Å². The molecule has 2 aromatic rings. The van der Waals surface area contributed by atoms with Crippen LogP contribution in [-0.2, 0) is 0 Å². The van der Waals surface area contributed by atoms with Gasteiger partial charge in [0, 0.05) is 0 Å². The van der Waals surface area contributed by atoms with Gasteiger partial charge in [0.2, 0.25) is 0 Å². The monoisotopic (exact) mass is 226 g/mol. The molecule has 2 aromatic carbocycles. The Morgan fingerprint density at radius 2 is 1.53 bits per heavy atom. The van der Waals surface area contributed by atoms with Crippen molar-refractivity contribution in [1.29, 1.82) is 0 Å². The fraction of sp³-hybridized carbons (Fsp3) is 0.250. The van der Waals surface area contributed by atoms with Crippen molar-refractivity contribution in [2.24, 2.45) is 0 Å². The van der Waals surface area contributed by atoms with Gasteiger partial charge >= 0.3 is 0 Å². The van der Waals surface area contributed by atoms with E-state index in [0.29, 0.717) is 0 Å². The Kier molecular flexibility index (Phi) is 3.19. The quantitative estimate of drug-likeness (QED) is 0.742. The van der Waals surface area contributed by atoms with Crippen LogP contribution in [-0.4, -0.2) is 7.11 Å². The number of ether oxygens (including phenoxy) is 1. The molecule has 0 saturated heterocycles. The molecule has 0 aliphatic rings. The van der Waals surface area contributed by atoms with E-state index in [1.54, 1.807) is 7.11 Å². The summed E-state index contributed by atoms with van der Waals surface area (Å²) in [7, 11) is 1.74. The molecule has 0 atom stereocenters. The Bertz CT molecular complexity index is 527. The van der Waals surface area contributed by atoms with Crippen LogP contribution in [0, 0.1) is 20.8 Å². The van der Waals surface area contributed by atoms with Gasteiger partial charge in [-0.2, -0.15) is 0 Å². The first-order chi connectivity index (χ1) is 8.15. The van der Waals surface area contributed by atoms with Gasteiger partial charge in [-0.1, -0.05) is 36.4 Å². The SMILES string of the molecule is COc1c(C)cc(C)c(-c2ccccc2)c1C. The topological polar surface area (TPSA) is 9.23 Å². The van der Waals surface area contributed by atoms with Gasteiger partial charge in [0.1, 0.15) is 5.75 Å². The summed E-state index contributed by atoms with van der Waals surface area (Å²) in [5, 5.41) is 0. The minimum absolute atomic E-state index is 0.995. The Morgan fingerprint density at radius 3 is 2.12 bits per heavy atom. The fourth-order valence-electron chi connectivity index (χ4n) is 2.53. The zero-order valence-corrected chi connectivity index (χ0v) is 10.9. The van der Waals surface area contributed by atoms with Crippen LogP contribution >= 0.6 is 0 Å². The van der Waals surface area contributed by atoms with E-state index in [1.165, 1.54) is 27.8 Å². The van der Waals surface area contributed by atoms with Gasteiger partial charge in [-0.3, -0.25) is 0 Å². The van der Waals surface area contributed by atoms with Crippen LogP contribution in [0.15, 0.2) is 36.4 Å². The third-order valence-electron chi connectivity index (χ3n) is 3.17. The lowest BCUT2D eigenvalue weighted by atomic mass is 9.93. The Morgan fingerprint density at radius 1 is 0.882 bits per heavy atom. The molecule has 88 valence electrons. The second kappa shape index (κ2) is 4.62. The molecular formula is C16H18O. The molecule has 0 amide bonds. The first-order valence-corrected chi connectivity index (χ1v) is 5.85. The normalized spacial score (nSPS) is 10.4. The average Bonchev–Trinajstić information content (AvgIpc) is 2.30. The summed E-state index contributed by atoms with van der Waals surface area (Å²) >= 11 is 0. The maximum atomic E-state index is 5.49. The minimum atomic E-state index is 0.995. The van der Waals surface area contributed by atoms with E-state index >= 15 is 0 Å². The molecule has 0 unspecified atom stereocenters. The van der Waals surface area contributed by atoms with E-state index in [-0.39, 0.29) is 0 Å². The van der Waals surface area contributed by atoms with E-state index in [9.17, 15) is 0 Å². The van der Waals surface area contributed by atoms with Crippen LogP contribution in [0.25, 0.3) is 11.1 Å². The highest BCUT2D eigenvalue weighted by Gasteiger charge is 2.12. The summed E-state index contributed by atoms with van der Waals surface area (Å²) in [4.78, 5) is 0. The standard InChI is InChI=1S/C16H18O/c1-11-10-12(2)16(17-4)13(3)15(11)14-8-6-5-7-9-14/h5-10H,1-4H3. The molecule has 0 radical (unpaired) electrons. The van der Waals surface area contributed by atoms with Crippen molar-refractivity contribution < 1.29 is 4.74 Å². The van der Waals surface area contributed by atoms with E-state index in [4.69, 9.17) is 4.74 Å². The first kappa shape index (κ1) is 11.7. The lowest BCUT2D eigenvalue weighted by Crippen LogP contribution is -1.96. The molecule has 0 bridgehead atoms. The van der Waals surface area contributed by atoms with Crippen LogP contribution < -0.4 is 4.74 Å². The Hall–Kier alpha value is -1.76. The van der Waals surface area contributed by atoms with Crippen LogP contribution in [0.2, 0.25) is 0 Å². The van der Waals surface area contributed by atoms with Crippen LogP contribution in [0.3, 0.4) is 0 Å². The second-order valence-electron chi connectivity index (χ2n) is 4.41. The second-order valence-corrected chi connectivity index (χ2v) is 4.41. The van der Waals surface area contributed by atoms with Gasteiger partial charge < -0.3 is 4.74 Å². The third-order valence-corrected chi connectivity index (χ3v) is 3.17. The smallest absolute Gasteiger partial charge is 0.125 e. The van der Waals surface area contributed by atoms with Crippen molar-refractivity contribution in [3.8, 4) is 16.9 Å². The lowest BCUT2D eigenvalue weighted by molar-refractivity contribution is 0.408. The molecule has 1 heteroatoms. The summed E-state index contributed by atoms with van der Waals surface area (Å²) in [5.41, 5.74) is 6.25. The number of aryl methyl sites for hydroxylation is 2. The van der Waals surface area contributed by atoms with Gasteiger partial charge in [0.05, 0.1) is 7.11 Å². The third kappa shape index (κ3) is 2.05. The van der Waals surface area contributed by atoms with Crippen molar-refractivity contribution in [3.05, 3.63) is 53.1 Å². The maximum absolute atomic E-state index is 5.49. The van der Waals surface area contributed by atoms with Crippen molar-refractivity contribution in [2.75, 3.05) is 7.11 Å². The average molecular weight is 226 g/mol. The highest BCUT2D eigenvalue weighted by atomic mass is 16.5. The fourth-order valence-corrected chi connectivity index (χ4v) is 2.53. The number of rotatable bonds is 2. The molecule has 0 spiro atoms. The molecular weight excluding hydrogens is 208 g/mol. The van der Waals surface area contributed by atoms with E-state index in [1.807, 2.05) is 6.07 Å². The molecule has 0 N–H and O–H groups in total. The van der Waals surface area contributed by atoms with E-state index < -0.39 is 0 Å². The molecule has 0 saturated carbocycles. The van der Waals surface area contributed by atoms with Crippen molar-refractivity contribution >= 4 is 0 Å². The van der Waals surface area contributed by atoms with Crippen molar-refractivity contribution in [2.45, 2.75) is 20.8 Å². The molecule has 2 rings (SSSR count). The van der Waals surface area contributed by atoms with Crippen LogP contribution in [0.1, 0.15) is 16.7 Å². The van der Waals surface area contributed by atoms with E-state index in [2.05, 4.69) is 51.1 Å². The number of hydrogen-bond donors (Lipinski definition) is 0. The summed E-state index contributed by atoms with van der Waals surface area (Å²) in [6.45, 7) is 6.37. The van der Waals surface area contributed by atoms with Crippen molar-refractivity contribution in [3.63, 3.8) is 0 Å². The molecule has 0 heterocycles. The van der Waals surface area contributed by atoms with Gasteiger partial charge in [0.25, 0.3) is 0 Å². The van der Waals surface area contributed by atoms with Crippen LogP contribution in [0.4, 0.5) is 0 Å². The Balaban J connectivity index is 2.70. The Labute approximate surface area is 103 Å². The molecule has 17 heavy (non-hydrogen) atoms. The summed E-state index contributed by atoms with van der Waals surface area (Å²) in [5.74, 6) is 0.995. The van der Waals surface area contributed by atoms with Crippen molar-refractivity contribution in [1.82, 2.24) is 0 Å². The summed E-state index contributed by atoms with van der Waals surface area (Å²) in [6.07, 6.45) is 0. The zero-order chi connectivity index (χ0) is 12.4. The zero-order valence-electron chi connectivity index (χ0n) is 10.9. The van der Waals surface area contributed by atoms with Gasteiger partial charge in [-0.05, 0) is 48.6 Å². The molecule has 0 aliphatic heterocycles. The van der Waals surface area contributed by atoms with Gasteiger partial charge in [-0.25, -0.2) is 0 Å². The number of hydrogen-bond acceptors (Lipinski definition) is 1. The highest BCUT2D eigenvalue weighted by molar-refractivity contribution is 5.74. The largest absolute Gasteiger partial charge is 0.496 e. The lowest BCUT2D eigenvalue weighted by Gasteiger charge is -2.16. The van der Waals surface area contributed by atoms with E-state index in [0.717, 1.165) is 5.75 Å². The summed E-state index contributed by atoms with van der Waals surface area (Å²) in [6, 6.07) is 12.7. The highest BCUT2D eigenvalue weighted by Crippen LogP contribution is 2.35. The number of benzene rings is 2. The molecule has 0 fully saturated rings. The first-order valence-electron chi connectivity index (χ1n) is 5.85. The summed E-state index contributed by atoms with van der Waals surface area (Å²) < 4.78 is 5.49. The van der Waals surface area contributed by atoms with Gasteiger partial charge in [0.15, 0.2) is 0 Å². The predicted molar refractivity (Wildman–Crippen MR) is 72.6 cm³/mol. The maximum Gasteiger partial charge on any atom is 0.125 e. The van der Waals surface area contributed by atoms with Crippen LogP contribution in [0.5, 0.6) is 5.75 Å². The number of methoxy groups -OCH3 is 1. The molecule has 0 aliphatic carbocycles.